The number of benzene rings is 3. The summed E-state index contributed by atoms with van der Waals surface area (Å²) in [6.07, 6.45) is 0. The van der Waals surface area contributed by atoms with Gasteiger partial charge in [-0.05, 0) is 48.9 Å². The van der Waals surface area contributed by atoms with E-state index in [0.717, 1.165) is 34.2 Å². The summed E-state index contributed by atoms with van der Waals surface area (Å²) in [4.78, 5) is 55.3. The number of primary sulfonamides is 1. The number of sulfonamides is 1. The second kappa shape index (κ2) is 10.7. The van der Waals surface area contributed by atoms with E-state index in [1.807, 2.05) is 49.4 Å². The van der Waals surface area contributed by atoms with Gasteiger partial charge in [-0.1, -0.05) is 71.1 Å². The maximum absolute atomic E-state index is 13.9. The van der Waals surface area contributed by atoms with E-state index in [9.17, 15) is 27.6 Å². The van der Waals surface area contributed by atoms with E-state index in [4.69, 9.17) is 5.14 Å². The fourth-order valence-electron chi connectivity index (χ4n) is 5.30. The molecule has 1 fully saturated rings. The van der Waals surface area contributed by atoms with Crippen LogP contribution >= 0.6 is 23.1 Å². The van der Waals surface area contributed by atoms with Crippen molar-refractivity contribution in [2.24, 2.45) is 11.1 Å². The molecule has 3 aromatic carbocycles. The average Bonchev–Trinajstić information content (AvgIpc) is 3.40. The number of thioether (sulfide) groups is 1. The number of nitrogens with one attached hydrogen (secondary N) is 1. The van der Waals surface area contributed by atoms with E-state index in [2.05, 4.69) is 5.32 Å². The van der Waals surface area contributed by atoms with Gasteiger partial charge in [0.15, 0.2) is 0 Å². The third-order valence-corrected chi connectivity index (χ3v) is 10.8. The van der Waals surface area contributed by atoms with Crippen LogP contribution in [0.5, 0.6) is 0 Å². The molecule has 2 aliphatic rings. The van der Waals surface area contributed by atoms with Crippen molar-refractivity contribution in [2.45, 2.75) is 34.6 Å². The summed E-state index contributed by atoms with van der Waals surface area (Å²) >= 11 is 2.11. The first-order chi connectivity index (χ1) is 20.0. The topological polar surface area (TPSA) is 149 Å². The molecule has 214 valence electrons. The molecule has 13 heteroatoms. The first kappa shape index (κ1) is 28.1. The molecule has 10 nitrogen and oxygen atoms in total. The number of carbonyl (C=O) groups excluding carboxylic acids is 3. The zero-order valence-electron chi connectivity index (χ0n) is 22.1. The molecule has 2 unspecified atom stereocenters. The van der Waals surface area contributed by atoms with Crippen LogP contribution in [0.4, 0.5) is 11.4 Å². The van der Waals surface area contributed by atoms with E-state index in [1.165, 1.54) is 33.7 Å². The minimum Gasteiger partial charge on any atom is -0.325 e. The van der Waals surface area contributed by atoms with Crippen LogP contribution in [-0.2, 0) is 31.0 Å². The standard InChI is InChI=1S/C29H24N4O6S3/c1-16-7-11-19(12-8-16)33-26(35)23-22(17-5-3-2-4-6-17)25-28(40-24(23)27(33)36)32(29(37)41-25)15-21(34)31-18-9-13-20(14-10-18)42(30,38)39/h2-14,22-24H,15H2,1H3,(H,31,34)(H2,30,38,39)/t22-,23?,24?/m0/s1. The molecule has 3 heterocycles. The summed E-state index contributed by atoms with van der Waals surface area (Å²) in [6, 6.07) is 21.8. The number of hydrogen-bond donors (Lipinski definition) is 2. The fourth-order valence-corrected chi connectivity index (χ4v) is 8.58. The summed E-state index contributed by atoms with van der Waals surface area (Å²) in [6.45, 7) is 1.59. The van der Waals surface area contributed by atoms with Crippen molar-refractivity contribution in [3.05, 3.63) is 105 Å². The lowest BCUT2D eigenvalue weighted by molar-refractivity contribution is -0.122. The Balaban J connectivity index is 1.35. The number of nitrogens with zero attached hydrogens (tertiary/aromatic N) is 2. The van der Waals surface area contributed by atoms with Gasteiger partial charge in [0.1, 0.15) is 11.8 Å². The second-order valence-corrected chi connectivity index (χ2v) is 13.7. The van der Waals surface area contributed by atoms with Crippen LogP contribution < -0.4 is 20.2 Å². The lowest BCUT2D eigenvalue weighted by Gasteiger charge is -2.30. The molecule has 0 radical (unpaired) electrons. The van der Waals surface area contributed by atoms with Gasteiger partial charge in [-0.25, -0.2) is 18.5 Å². The number of fused-ring (bicyclic) bond motifs is 2. The average molecular weight is 621 g/mol. The van der Waals surface area contributed by atoms with Crippen LogP contribution in [0.1, 0.15) is 21.9 Å². The van der Waals surface area contributed by atoms with Gasteiger partial charge in [0, 0.05) is 16.5 Å². The van der Waals surface area contributed by atoms with Crippen molar-refractivity contribution >= 4 is 62.2 Å². The highest BCUT2D eigenvalue weighted by molar-refractivity contribution is 8.00. The Kier molecular flexibility index (Phi) is 7.13. The summed E-state index contributed by atoms with van der Waals surface area (Å²) in [7, 11) is -3.89. The Morgan fingerprint density at radius 2 is 1.60 bits per heavy atom. The van der Waals surface area contributed by atoms with Gasteiger partial charge >= 0.3 is 4.87 Å². The molecule has 0 aliphatic carbocycles. The summed E-state index contributed by atoms with van der Waals surface area (Å²) in [5.74, 6) is -2.48. The van der Waals surface area contributed by atoms with Gasteiger partial charge in [-0.3, -0.25) is 23.7 Å². The van der Waals surface area contributed by atoms with Gasteiger partial charge in [-0.2, -0.15) is 0 Å². The molecular formula is C29H24N4O6S3. The number of anilines is 2. The van der Waals surface area contributed by atoms with E-state index in [1.54, 1.807) is 12.1 Å². The Labute approximate surface area is 249 Å². The molecule has 2 aliphatic heterocycles. The molecule has 42 heavy (non-hydrogen) atoms. The molecule has 0 spiro atoms. The normalized spacial score (nSPS) is 19.9. The second-order valence-electron chi connectivity index (χ2n) is 10.0. The van der Waals surface area contributed by atoms with Crippen molar-refractivity contribution in [3.63, 3.8) is 0 Å². The van der Waals surface area contributed by atoms with E-state index in [0.29, 0.717) is 21.3 Å². The summed E-state index contributed by atoms with van der Waals surface area (Å²) < 4.78 is 24.4. The van der Waals surface area contributed by atoms with E-state index in [-0.39, 0.29) is 28.1 Å². The molecule has 1 saturated heterocycles. The molecule has 1 aromatic heterocycles. The molecule has 0 saturated carbocycles. The molecule has 4 aromatic rings. The van der Waals surface area contributed by atoms with Crippen LogP contribution in [0.3, 0.4) is 0 Å². The maximum Gasteiger partial charge on any atom is 0.308 e. The summed E-state index contributed by atoms with van der Waals surface area (Å²) in [5.41, 5.74) is 2.61. The first-order valence-electron chi connectivity index (χ1n) is 12.9. The smallest absolute Gasteiger partial charge is 0.308 e. The highest BCUT2D eigenvalue weighted by Gasteiger charge is 2.56. The van der Waals surface area contributed by atoms with Crippen LogP contribution in [0.2, 0.25) is 0 Å². The predicted octanol–water partition coefficient (Wildman–Crippen LogP) is 3.30. The van der Waals surface area contributed by atoms with E-state index < -0.39 is 33.0 Å². The van der Waals surface area contributed by atoms with Gasteiger partial charge < -0.3 is 5.32 Å². The molecule has 3 N–H and O–H groups in total. The monoisotopic (exact) mass is 620 g/mol. The first-order valence-corrected chi connectivity index (χ1v) is 16.1. The fraction of sp³-hybridized carbons (Fsp3) is 0.172. The van der Waals surface area contributed by atoms with Gasteiger partial charge in [-0.15, -0.1) is 0 Å². The number of nitrogens with two attached hydrogens (primary N) is 1. The van der Waals surface area contributed by atoms with Crippen LogP contribution in [0, 0.1) is 12.8 Å². The lowest BCUT2D eigenvalue weighted by Crippen LogP contribution is -2.33. The number of carbonyl (C=O) groups is 3. The van der Waals surface area contributed by atoms with Crippen molar-refractivity contribution < 1.29 is 22.8 Å². The van der Waals surface area contributed by atoms with Crippen LogP contribution in [0.25, 0.3) is 0 Å². The zero-order valence-corrected chi connectivity index (χ0v) is 24.5. The third-order valence-electron chi connectivity index (χ3n) is 7.27. The summed E-state index contributed by atoms with van der Waals surface area (Å²) in [5, 5.41) is 7.49. The van der Waals surface area contributed by atoms with Gasteiger partial charge in [0.25, 0.3) is 0 Å². The Hall–Kier alpha value is -4.04. The SMILES string of the molecule is Cc1ccc(N2C(=O)C3Sc4c(sc(=O)n4CC(=O)Nc4ccc(S(N)(=O)=O)cc4)[C@@H](c4ccccc4)C3C2=O)cc1. The van der Waals surface area contributed by atoms with Crippen molar-refractivity contribution in [1.82, 2.24) is 4.57 Å². The Bertz CT molecular complexity index is 1880. The minimum atomic E-state index is -3.89. The zero-order chi connectivity index (χ0) is 29.8. The third kappa shape index (κ3) is 4.98. The maximum atomic E-state index is 13.9. The van der Waals surface area contributed by atoms with Crippen molar-refractivity contribution in [2.75, 3.05) is 10.2 Å². The van der Waals surface area contributed by atoms with Crippen LogP contribution in [-0.4, -0.2) is 36.0 Å². The number of aryl methyl sites for hydroxylation is 1. The predicted molar refractivity (Wildman–Crippen MR) is 160 cm³/mol. The number of thiazole rings is 1. The highest BCUT2D eigenvalue weighted by atomic mass is 32.2. The molecule has 6 rings (SSSR count). The number of rotatable bonds is 6. The van der Waals surface area contributed by atoms with Crippen molar-refractivity contribution in [1.29, 1.82) is 0 Å². The molecule has 0 bridgehead atoms. The lowest BCUT2D eigenvalue weighted by atomic mass is 9.83. The molecule has 3 amide bonds. The van der Waals surface area contributed by atoms with Crippen LogP contribution in [0.15, 0.2) is 93.6 Å². The minimum absolute atomic E-state index is 0.100. The molecule has 3 atom stereocenters. The number of imide groups is 1. The van der Waals surface area contributed by atoms with Gasteiger partial charge in [0.05, 0.1) is 21.5 Å². The number of hydrogen-bond acceptors (Lipinski definition) is 8. The van der Waals surface area contributed by atoms with Crippen molar-refractivity contribution in [3.8, 4) is 0 Å². The highest BCUT2D eigenvalue weighted by Crippen LogP contribution is 2.53. The van der Waals surface area contributed by atoms with E-state index >= 15 is 0 Å². The quantitative estimate of drug-likeness (QED) is 0.314. The largest absolute Gasteiger partial charge is 0.325 e. The molecular weight excluding hydrogens is 597 g/mol. The Morgan fingerprint density at radius 3 is 2.24 bits per heavy atom. The number of amides is 3. The van der Waals surface area contributed by atoms with Gasteiger partial charge in [0.2, 0.25) is 27.7 Å². The Morgan fingerprint density at radius 1 is 0.929 bits per heavy atom. The number of aromatic nitrogens is 1.